The van der Waals surface area contributed by atoms with E-state index in [1.165, 1.54) is 0 Å². The van der Waals surface area contributed by atoms with Gasteiger partial charge >= 0.3 is 0 Å². The maximum atomic E-state index is 10.4. The number of ether oxygens (including phenoxy) is 2. The van der Waals surface area contributed by atoms with Gasteiger partial charge in [-0.25, -0.2) is 0 Å². The Labute approximate surface area is 133 Å². The Morgan fingerprint density at radius 1 is 0.864 bits per heavy atom. The van der Waals surface area contributed by atoms with Crippen LogP contribution in [0.2, 0.25) is 0 Å². The summed E-state index contributed by atoms with van der Waals surface area (Å²) in [5, 5.41) is 20.7. The molecule has 7 heteroatoms. The highest BCUT2D eigenvalue weighted by Gasteiger charge is 2.34. The molecular weight excluding hydrogens is 284 g/mol. The van der Waals surface area contributed by atoms with Crippen LogP contribution < -0.4 is 16.0 Å². The smallest absolute Gasteiger partial charge is 0.162 e. The van der Waals surface area contributed by atoms with Crippen LogP contribution in [0, 0.1) is 0 Å². The monoisotopic (exact) mass is 316 g/mol. The van der Waals surface area contributed by atoms with Crippen LogP contribution in [0.3, 0.4) is 0 Å². The third-order valence-electron chi connectivity index (χ3n) is 4.23. The second kappa shape index (κ2) is 9.12. The number of aliphatic hydroxyl groups excluding tert-OH is 1. The number of hydrogen-bond acceptors (Lipinski definition) is 7. The fourth-order valence-electron chi connectivity index (χ4n) is 2.80. The molecule has 4 N–H and O–H groups in total. The molecule has 2 rings (SSSR count). The Kier molecular flexibility index (Phi) is 7.49. The highest BCUT2D eigenvalue weighted by molar-refractivity contribution is 4.83. The lowest BCUT2D eigenvalue weighted by Crippen LogP contribution is -2.52. The molecule has 0 spiro atoms. The Balaban J connectivity index is 1.92. The molecule has 0 aromatic heterocycles. The molecule has 0 aromatic carbocycles. The SMILES string of the molecule is CC1(C)OC[C@@H](O)[C@H](N2CCNCCNCCNCC2)CO1. The summed E-state index contributed by atoms with van der Waals surface area (Å²) in [5.41, 5.74) is 0. The third kappa shape index (κ3) is 6.08. The van der Waals surface area contributed by atoms with Gasteiger partial charge in [0.1, 0.15) is 0 Å². The van der Waals surface area contributed by atoms with Crippen LogP contribution in [0.5, 0.6) is 0 Å². The second-order valence-corrected chi connectivity index (χ2v) is 6.44. The Bertz CT molecular complexity index is 305. The van der Waals surface area contributed by atoms with Crippen molar-refractivity contribution in [1.82, 2.24) is 20.9 Å². The number of nitrogens with one attached hydrogen (secondary N) is 3. The van der Waals surface area contributed by atoms with Crippen molar-refractivity contribution in [3.05, 3.63) is 0 Å². The number of aliphatic hydroxyl groups is 1. The van der Waals surface area contributed by atoms with E-state index in [0.717, 1.165) is 52.4 Å². The van der Waals surface area contributed by atoms with Gasteiger partial charge in [0.25, 0.3) is 0 Å². The lowest BCUT2D eigenvalue weighted by Gasteiger charge is -2.33. The van der Waals surface area contributed by atoms with Crippen LogP contribution in [0.1, 0.15) is 13.8 Å². The number of nitrogens with zero attached hydrogens (tertiary/aromatic N) is 1. The van der Waals surface area contributed by atoms with E-state index in [9.17, 15) is 5.11 Å². The third-order valence-corrected chi connectivity index (χ3v) is 4.23. The van der Waals surface area contributed by atoms with Gasteiger partial charge in [0.05, 0.1) is 25.4 Å². The van der Waals surface area contributed by atoms with Crippen molar-refractivity contribution < 1.29 is 14.6 Å². The molecular formula is C15H32N4O3. The van der Waals surface area contributed by atoms with E-state index < -0.39 is 11.9 Å². The van der Waals surface area contributed by atoms with Crippen LogP contribution >= 0.6 is 0 Å². The second-order valence-electron chi connectivity index (χ2n) is 6.44. The maximum Gasteiger partial charge on any atom is 0.162 e. The van der Waals surface area contributed by atoms with Gasteiger partial charge in [0.15, 0.2) is 5.79 Å². The Morgan fingerprint density at radius 3 is 1.95 bits per heavy atom. The van der Waals surface area contributed by atoms with Crippen molar-refractivity contribution in [1.29, 1.82) is 0 Å². The largest absolute Gasteiger partial charge is 0.389 e. The highest BCUT2D eigenvalue weighted by Crippen LogP contribution is 2.20. The van der Waals surface area contributed by atoms with Crippen LogP contribution in [0.15, 0.2) is 0 Å². The zero-order valence-electron chi connectivity index (χ0n) is 13.9. The molecule has 22 heavy (non-hydrogen) atoms. The Hall–Kier alpha value is -0.280. The average Bonchev–Trinajstić information content (AvgIpc) is 2.60. The normalized spacial score (nSPS) is 33.4. The van der Waals surface area contributed by atoms with Gasteiger partial charge in [-0.15, -0.1) is 0 Å². The Morgan fingerprint density at radius 2 is 1.36 bits per heavy atom. The predicted molar refractivity (Wildman–Crippen MR) is 86.0 cm³/mol. The molecule has 7 nitrogen and oxygen atoms in total. The van der Waals surface area contributed by atoms with Crippen molar-refractivity contribution in [3.8, 4) is 0 Å². The average molecular weight is 316 g/mol. The summed E-state index contributed by atoms with van der Waals surface area (Å²) in [6.07, 6.45) is -0.517. The molecule has 0 amide bonds. The van der Waals surface area contributed by atoms with Gasteiger partial charge in [-0.1, -0.05) is 0 Å². The number of rotatable bonds is 1. The fourth-order valence-corrected chi connectivity index (χ4v) is 2.80. The first kappa shape index (κ1) is 18.1. The lowest BCUT2D eigenvalue weighted by molar-refractivity contribution is -0.204. The van der Waals surface area contributed by atoms with E-state index in [1.807, 2.05) is 13.8 Å². The molecule has 0 aromatic rings. The minimum absolute atomic E-state index is 0.0218. The summed E-state index contributed by atoms with van der Waals surface area (Å²) in [5.74, 6) is -0.621. The van der Waals surface area contributed by atoms with Gasteiger partial charge in [-0.2, -0.15) is 0 Å². The van der Waals surface area contributed by atoms with Crippen molar-refractivity contribution in [3.63, 3.8) is 0 Å². The van der Waals surface area contributed by atoms with Gasteiger partial charge in [-0.05, 0) is 13.8 Å². The van der Waals surface area contributed by atoms with Crippen LogP contribution in [-0.2, 0) is 9.47 Å². The quantitative estimate of drug-likeness (QED) is 0.473. The molecule has 0 unspecified atom stereocenters. The van der Waals surface area contributed by atoms with Crippen molar-refractivity contribution >= 4 is 0 Å². The standard InChI is InChI=1S/C15H32N4O3/c1-15(2)21-11-13(14(20)12-22-15)19-9-7-17-5-3-16-4-6-18-8-10-19/h13-14,16-18,20H,3-12H2,1-2H3/t13-,14-/m1/s1. The van der Waals surface area contributed by atoms with E-state index in [4.69, 9.17) is 9.47 Å². The van der Waals surface area contributed by atoms with Gasteiger partial charge in [0, 0.05) is 52.4 Å². The molecule has 2 fully saturated rings. The van der Waals surface area contributed by atoms with Crippen LogP contribution in [0.25, 0.3) is 0 Å². The molecule has 2 aliphatic rings. The topological polar surface area (TPSA) is 78.0 Å². The van der Waals surface area contributed by atoms with Crippen LogP contribution in [-0.4, -0.2) is 93.5 Å². The minimum Gasteiger partial charge on any atom is -0.389 e. The van der Waals surface area contributed by atoms with Gasteiger partial charge in [-0.3, -0.25) is 4.90 Å². The van der Waals surface area contributed by atoms with Crippen molar-refractivity contribution in [2.45, 2.75) is 31.8 Å². The first-order valence-corrected chi connectivity index (χ1v) is 8.41. The molecule has 2 atom stereocenters. The summed E-state index contributed by atoms with van der Waals surface area (Å²) in [6, 6.07) is -0.0218. The summed E-state index contributed by atoms with van der Waals surface area (Å²) in [7, 11) is 0. The van der Waals surface area contributed by atoms with Crippen molar-refractivity contribution in [2.75, 3.05) is 65.6 Å². The summed E-state index contributed by atoms with van der Waals surface area (Å²) >= 11 is 0. The molecule has 130 valence electrons. The van der Waals surface area contributed by atoms with E-state index in [0.29, 0.717) is 13.2 Å². The molecule has 0 saturated carbocycles. The highest BCUT2D eigenvalue weighted by atomic mass is 16.7. The molecule has 2 heterocycles. The summed E-state index contributed by atoms with van der Waals surface area (Å²) in [6.45, 7) is 12.1. The number of hydrogen-bond donors (Lipinski definition) is 4. The van der Waals surface area contributed by atoms with E-state index >= 15 is 0 Å². The zero-order valence-corrected chi connectivity index (χ0v) is 13.9. The fraction of sp³-hybridized carbons (Fsp3) is 1.00. The van der Waals surface area contributed by atoms with Gasteiger partial charge < -0.3 is 30.5 Å². The van der Waals surface area contributed by atoms with Crippen LogP contribution in [0.4, 0.5) is 0 Å². The van der Waals surface area contributed by atoms with Crippen molar-refractivity contribution in [2.24, 2.45) is 0 Å². The van der Waals surface area contributed by atoms with Gasteiger partial charge in [0.2, 0.25) is 0 Å². The predicted octanol–water partition coefficient (Wildman–Crippen LogP) is -1.42. The van der Waals surface area contributed by atoms with E-state index in [-0.39, 0.29) is 6.04 Å². The lowest BCUT2D eigenvalue weighted by atomic mass is 10.1. The summed E-state index contributed by atoms with van der Waals surface area (Å²) < 4.78 is 11.4. The molecule has 0 radical (unpaired) electrons. The minimum atomic E-state index is -0.621. The molecule has 2 saturated heterocycles. The molecule has 0 aliphatic carbocycles. The first-order valence-electron chi connectivity index (χ1n) is 8.41. The molecule has 2 aliphatic heterocycles. The molecule has 0 bridgehead atoms. The summed E-state index contributed by atoms with van der Waals surface area (Å²) in [4.78, 5) is 2.31. The van der Waals surface area contributed by atoms with E-state index in [1.54, 1.807) is 0 Å². The first-order chi connectivity index (χ1) is 10.6. The van der Waals surface area contributed by atoms with E-state index in [2.05, 4.69) is 20.9 Å². The zero-order chi connectivity index (χ0) is 15.8. The maximum absolute atomic E-state index is 10.4.